The number of carbonyl (C=O) groups excluding carboxylic acids is 1. The second kappa shape index (κ2) is 9.72. The average Bonchev–Trinajstić information content (AvgIpc) is 3.18. The quantitative estimate of drug-likeness (QED) is 0.397. The van der Waals surface area contributed by atoms with Gasteiger partial charge >= 0.3 is 6.18 Å². The van der Waals surface area contributed by atoms with Crippen molar-refractivity contribution in [1.29, 1.82) is 0 Å². The number of hydrogen-bond acceptors (Lipinski definition) is 5. The predicted molar refractivity (Wildman–Crippen MR) is 124 cm³/mol. The Bertz CT molecular complexity index is 1240. The van der Waals surface area contributed by atoms with Gasteiger partial charge in [-0.25, -0.2) is 23.1 Å². The molecule has 1 N–H and O–H groups in total. The molecule has 36 heavy (non-hydrogen) atoms. The second-order valence-corrected chi connectivity index (χ2v) is 9.97. The molecule has 1 aliphatic heterocycles. The van der Waals surface area contributed by atoms with E-state index < -0.39 is 54.3 Å². The predicted octanol–water partition coefficient (Wildman–Crippen LogP) is 6.27. The van der Waals surface area contributed by atoms with Crippen molar-refractivity contribution in [2.45, 2.75) is 38.4 Å². The van der Waals surface area contributed by atoms with Crippen molar-refractivity contribution in [3.63, 3.8) is 0 Å². The van der Waals surface area contributed by atoms with Crippen molar-refractivity contribution in [3.05, 3.63) is 64.7 Å². The van der Waals surface area contributed by atoms with Gasteiger partial charge in [0.15, 0.2) is 0 Å². The fourth-order valence-corrected chi connectivity index (χ4v) is 5.19. The van der Waals surface area contributed by atoms with Crippen molar-refractivity contribution in [2.24, 2.45) is 5.92 Å². The van der Waals surface area contributed by atoms with Crippen molar-refractivity contribution >= 4 is 23.1 Å². The lowest BCUT2D eigenvalue weighted by atomic mass is 9.88. The highest BCUT2D eigenvalue weighted by atomic mass is 32.1. The summed E-state index contributed by atoms with van der Waals surface area (Å²) in [5.74, 6) is -4.90. The van der Waals surface area contributed by atoms with Crippen LogP contribution in [0.2, 0.25) is 0 Å². The van der Waals surface area contributed by atoms with Crippen molar-refractivity contribution in [1.82, 2.24) is 14.9 Å². The zero-order chi connectivity index (χ0) is 26.3. The summed E-state index contributed by atoms with van der Waals surface area (Å²) in [7, 11) is 0. The molecular formula is C24H22F6N4OS. The number of pyridine rings is 1. The molecule has 4 rings (SSSR count). The number of nitrogens with one attached hydrogen (secondary N) is 1. The number of rotatable bonds is 5. The van der Waals surface area contributed by atoms with E-state index in [2.05, 4.69) is 15.3 Å². The molecule has 5 nitrogen and oxygen atoms in total. The standard InChI is InChI=1S/C24H22F6N4OS/c1-13-9-23(26,27)12-34(18(13)11-32-19-7-6-16(10-31-19)24(28,29)30)22(35)20-21(36-14(2)33-20)15-4-3-5-17(25)8-15/h3-8,10,13,18H,9,11-12H2,1-2H3,(H,31,32)/t13-,18-/m1/s1. The summed E-state index contributed by atoms with van der Waals surface area (Å²) in [6.07, 6.45) is -4.33. The lowest BCUT2D eigenvalue weighted by Gasteiger charge is -2.43. The van der Waals surface area contributed by atoms with Gasteiger partial charge in [0.05, 0.1) is 28.0 Å². The number of amides is 1. The van der Waals surface area contributed by atoms with Gasteiger partial charge in [0, 0.05) is 19.2 Å². The van der Waals surface area contributed by atoms with E-state index in [-0.39, 0.29) is 18.1 Å². The number of halogens is 6. The Morgan fingerprint density at radius 3 is 2.64 bits per heavy atom. The van der Waals surface area contributed by atoms with E-state index in [9.17, 15) is 31.1 Å². The number of piperidine rings is 1. The third-order valence-electron chi connectivity index (χ3n) is 5.95. The monoisotopic (exact) mass is 528 g/mol. The summed E-state index contributed by atoms with van der Waals surface area (Å²) in [5.41, 5.74) is -0.561. The van der Waals surface area contributed by atoms with E-state index in [1.54, 1.807) is 19.9 Å². The van der Waals surface area contributed by atoms with Gasteiger partial charge in [-0.3, -0.25) is 4.79 Å². The summed E-state index contributed by atoms with van der Waals surface area (Å²) in [6.45, 7) is 2.38. The minimum Gasteiger partial charge on any atom is -0.368 e. The first-order chi connectivity index (χ1) is 16.8. The minimum atomic E-state index is -4.54. The van der Waals surface area contributed by atoms with Gasteiger partial charge < -0.3 is 10.2 Å². The third-order valence-corrected chi connectivity index (χ3v) is 6.97. The molecule has 0 bridgehead atoms. The van der Waals surface area contributed by atoms with E-state index in [0.29, 0.717) is 21.6 Å². The summed E-state index contributed by atoms with van der Waals surface area (Å²) >= 11 is 1.15. The van der Waals surface area contributed by atoms with E-state index in [0.717, 1.165) is 28.4 Å². The van der Waals surface area contributed by atoms with Crippen LogP contribution in [0.25, 0.3) is 10.4 Å². The number of benzene rings is 1. The molecule has 1 saturated heterocycles. The van der Waals surface area contributed by atoms with Crippen LogP contribution in [0.3, 0.4) is 0 Å². The normalized spacial score (nSPS) is 19.8. The SMILES string of the molecule is Cc1nc(C(=O)N2CC(F)(F)C[C@@H](C)[C@H]2CNc2ccc(C(F)(F)F)cn2)c(-c2cccc(F)c2)s1. The number of anilines is 1. The molecular weight excluding hydrogens is 506 g/mol. The minimum absolute atomic E-state index is 0.0141. The fourth-order valence-electron chi connectivity index (χ4n) is 4.29. The number of aryl methyl sites for hydroxylation is 1. The summed E-state index contributed by atoms with van der Waals surface area (Å²) in [4.78, 5) is 23.0. The zero-order valence-electron chi connectivity index (χ0n) is 19.2. The van der Waals surface area contributed by atoms with Crippen LogP contribution >= 0.6 is 11.3 Å². The largest absolute Gasteiger partial charge is 0.417 e. The number of nitrogens with zero attached hydrogens (tertiary/aromatic N) is 3. The van der Waals surface area contributed by atoms with Crippen LogP contribution in [-0.4, -0.2) is 45.8 Å². The number of hydrogen-bond donors (Lipinski definition) is 1. The first kappa shape index (κ1) is 25.9. The molecule has 0 spiro atoms. The molecule has 1 aromatic carbocycles. The van der Waals surface area contributed by atoms with E-state index in [1.807, 2.05) is 0 Å². The lowest BCUT2D eigenvalue weighted by molar-refractivity contribution is -0.137. The second-order valence-electron chi connectivity index (χ2n) is 8.77. The van der Waals surface area contributed by atoms with E-state index in [4.69, 9.17) is 0 Å². The van der Waals surface area contributed by atoms with Gasteiger partial charge in [0.25, 0.3) is 11.8 Å². The third kappa shape index (κ3) is 5.63. The van der Waals surface area contributed by atoms with Crippen molar-refractivity contribution in [2.75, 3.05) is 18.4 Å². The fraction of sp³-hybridized carbons (Fsp3) is 0.375. The number of alkyl halides is 5. The van der Waals surface area contributed by atoms with Crippen LogP contribution in [0, 0.1) is 18.7 Å². The van der Waals surface area contributed by atoms with Crippen LogP contribution in [0.15, 0.2) is 42.6 Å². The number of likely N-dealkylation sites (tertiary alicyclic amines) is 1. The van der Waals surface area contributed by atoms with Gasteiger partial charge in [-0.1, -0.05) is 19.1 Å². The number of aromatic nitrogens is 2. The van der Waals surface area contributed by atoms with Crippen molar-refractivity contribution < 1.29 is 31.1 Å². The molecule has 1 fully saturated rings. The van der Waals surface area contributed by atoms with Gasteiger partial charge in [-0.15, -0.1) is 11.3 Å². The lowest BCUT2D eigenvalue weighted by Crippen LogP contribution is -2.57. The Hall–Kier alpha value is -3.15. The highest BCUT2D eigenvalue weighted by Crippen LogP contribution is 2.38. The molecule has 2 aromatic heterocycles. The van der Waals surface area contributed by atoms with Gasteiger partial charge in [-0.05, 0) is 42.7 Å². The summed E-state index contributed by atoms with van der Waals surface area (Å²) in [6, 6.07) is 6.87. The maximum absolute atomic E-state index is 14.6. The van der Waals surface area contributed by atoms with Crippen LogP contribution in [-0.2, 0) is 6.18 Å². The van der Waals surface area contributed by atoms with Crippen LogP contribution in [0.1, 0.15) is 34.4 Å². The maximum atomic E-state index is 14.6. The highest BCUT2D eigenvalue weighted by molar-refractivity contribution is 7.15. The molecule has 0 aliphatic carbocycles. The molecule has 12 heteroatoms. The molecule has 2 atom stereocenters. The van der Waals surface area contributed by atoms with Crippen LogP contribution in [0.4, 0.5) is 32.2 Å². The zero-order valence-corrected chi connectivity index (χ0v) is 20.1. The first-order valence-electron chi connectivity index (χ1n) is 11.0. The van der Waals surface area contributed by atoms with Crippen LogP contribution in [0.5, 0.6) is 0 Å². The van der Waals surface area contributed by atoms with E-state index >= 15 is 0 Å². The number of thiazole rings is 1. The average molecular weight is 529 g/mol. The summed E-state index contributed by atoms with van der Waals surface area (Å²) in [5, 5.41) is 3.37. The molecule has 1 aliphatic rings. The topological polar surface area (TPSA) is 58.1 Å². The molecule has 0 radical (unpaired) electrons. The molecule has 192 valence electrons. The Labute approximate surface area is 207 Å². The van der Waals surface area contributed by atoms with Crippen LogP contribution < -0.4 is 5.32 Å². The Kier molecular flexibility index (Phi) is 7.00. The molecule has 0 saturated carbocycles. The van der Waals surface area contributed by atoms with Crippen molar-refractivity contribution in [3.8, 4) is 10.4 Å². The van der Waals surface area contributed by atoms with Gasteiger partial charge in [0.2, 0.25) is 0 Å². The highest BCUT2D eigenvalue weighted by Gasteiger charge is 2.46. The van der Waals surface area contributed by atoms with Gasteiger partial charge in [-0.2, -0.15) is 13.2 Å². The first-order valence-corrected chi connectivity index (χ1v) is 11.8. The molecule has 1 amide bonds. The van der Waals surface area contributed by atoms with Gasteiger partial charge in [0.1, 0.15) is 17.3 Å². The molecule has 3 aromatic rings. The molecule has 0 unspecified atom stereocenters. The summed E-state index contributed by atoms with van der Waals surface area (Å²) < 4.78 is 81.3. The van der Waals surface area contributed by atoms with E-state index in [1.165, 1.54) is 18.2 Å². The Morgan fingerprint density at radius 1 is 1.25 bits per heavy atom. The Balaban J connectivity index is 1.61. The maximum Gasteiger partial charge on any atom is 0.417 e. The molecule has 3 heterocycles. The Morgan fingerprint density at radius 2 is 2.00 bits per heavy atom. The smallest absolute Gasteiger partial charge is 0.368 e. The number of carbonyl (C=O) groups is 1.